The molecule has 1 aliphatic heterocycles. The highest BCUT2D eigenvalue weighted by Gasteiger charge is 2.35. The largest absolute Gasteiger partial charge is 0.455 e. The summed E-state index contributed by atoms with van der Waals surface area (Å²) >= 11 is 6.10. The van der Waals surface area contributed by atoms with E-state index < -0.39 is 11.9 Å². The molecule has 0 aromatic heterocycles. The minimum atomic E-state index is -0.549. The van der Waals surface area contributed by atoms with Crippen LogP contribution in [0.15, 0.2) is 24.3 Å². The van der Waals surface area contributed by atoms with E-state index in [1.807, 2.05) is 32.0 Å². The highest BCUT2D eigenvalue weighted by atomic mass is 35.5. The third-order valence-corrected chi connectivity index (χ3v) is 4.03. The molecule has 1 N–H and O–H groups in total. The molecular formula is C17H21ClN2O4. The first kappa shape index (κ1) is 18.3. The number of esters is 1. The van der Waals surface area contributed by atoms with Crippen LogP contribution in [0.1, 0.15) is 25.8 Å². The standard InChI is InChI=1S/C17H21ClN2O4/c1-11(2)19-15(21)10-24-17(23)13-7-16(22)20(9-13)8-12-5-3-4-6-14(12)18/h3-6,11,13H,7-10H2,1-2H3,(H,19,21)/t13-/m1/s1. The third kappa shape index (κ3) is 4.96. The number of rotatable bonds is 6. The van der Waals surface area contributed by atoms with Gasteiger partial charge in [0.2, 0.25) is 5.91 Å². The molecule has 0 aliphatic carbocycles. The number of carbonyl (C=O) groups is 3. The van der Waals surface area contributed by atoms with E-state index in [1.165, 1.54) is 0 Å². The number of hydrogen-bond donors (Lipinski definition) is 1. The summed E-state index contributed by atoms with van der Waals surface area (Å²) < 4.78 is 5.00. The number of hydrogen-bond acceptors (Lipinski definition) is 4. The number of nitrogens with zero attached hydrogens (tertiary/aromatic N) is 1. The van der Waals surface area contributed by atoms with E-state index in [0.29, 0.717) is 11.6 Å². The van der Waals surface area contributed by atoms with E-state index >= 15 is 0 Å². The smallest absolute Gasteiger partial charge is 0.311 e. The zero-order valence-electron chi connectivity index (χ0n) is 13.8. The molecule has 7 heteroatoms. The van der Waals surface area contributed by atoms with Crippen molar-refractivity contribution in [2.24, 2.45) is 5.92 Å². The van der Waals surface area contributed by atoms with Crippen LogP contribution in [0, 0.1) is 5.92 Å². The van der Waals surface area contributed by atoms with E-state index in [9.17, 15) is 14.4 Å². The van der Waals surface area contributed by atoms with Gasteiger partial charge in [0, 0.05) is 30.6 Å². The zero-order chi connectivity index (χ0) is 17.7. The molecule has 6 nitrogen and oxygen atoms in total. The van der Waals surface area contributed by atoms with Crippen molar-refractivity contribution in [3.8, 4) is 0 Å². The second-order valence-electron chi connectivity index (χ2n) is 6.10. The molecule has 0 spiro atoms. The molecule has 2 amide bonds. The van der Waals surface area contributed by atoms with Gasteiger partial charge < -0.3 is 15.0 Å². The Morgan fingerprint density at radius 2 is 2.08 bits per heavy atom. The highest BCUT2D eigenvalue weighted by molar-refractivity contribution is 6.31. The number of likely N-dealkylation sites (tertiary alicyclic amines) is 1. The molecule has 0 bridgehead atoms. The average Bonchev–Trinajstić information content (AvgIpc) is 2.88. The van der Waals surface area contributed by atoms with Gasteiger partial charge in [-0.15, -0.1) is 0 Å². The van der Waals surface area contributed by atoms with Gasteiger partial charge in [-0.1, -0.05) is 29.8 Å². The Labute approximate surface area is 146 Å². The molecule has 24 heavy (non-hydrogen) atoms. The first-order valence-corrected chi connectivity index (χ1v) is 8.21. The summed E-state index contributed by atoms with van der Waals surface area (Å²) in [5, 5.41) is 3.22. The van der Waals surface area contributed by atoms with Crippen molar-refractivity contribution >= 4 is 29.4 Å². The second-order valence-corrected chi connectivity index (χ2v) is 6.50. The van der Waals surface area contributed by atoms with E-state index in [2.05, 4.69) is 5.32 Å². The lowest BCUT2D eigenvalue weighted by atomic mass is 10.1. The summed E-state index contributed by atoms with van der Waals surface area (Å²) in [4.78, 5) is 37.2. The van der Waals surface area contributed by atoms with Crippen LogP contribution in [0.5, 0.6) is 0 Å². The Morgan fingerprint density at radius 3 is 2.75 bits per heavy atom. The van der Waals surface area contributed by atoms with Gasteiger partial charge >= 0.3 is 5.97 Å². The molecule has 1 aliphatic rings. The van der Waals surface area contributed by atoms with Crippen LogP contribution >= 0.6 is 11.6 Å². The molecule has 0 unspecified atom stereocenters. The number of halogens is 1. The number of nitrogens with one attached hydrogen (secondary N) is 1. The minimum absolute atomic E-state index is 0.0182. The van der Waals surface area contributed by atoms with Gasteiger partial charge in [-0.2, -0.15) is 0 Å². The van der Waals surface area contributed by atoms with Gasteiger partial charge in [-0.3, -0.25) is 14.4 Å². The van der Waals surface area contributed by atoms with Crippen molar-refractivity contribution < 1.29 is 19.1 Å². The predicted molar refractivity (Wildman–Crippen MR) is 89.2 cm³/mol. The summed E-state index contributed by atoms with van der Waals surface area (Å²) in [5.41, 5.74) is 0.831. The van der Waals surface area contributed by atoms with Crippen molar-refractivity contribution in [1.29, 1.82) is 0 Å². The highest BCUT2D eigenvalue weighted by Crippen LogP contribution is 2.24. The first-order valence-electron chi connectivity index (χ1n) is 7.84. The van der Waals surface area contributed by atoms with Crippen LogP contribution in [-0.4, -0.2) is 41.9 Å². The van der Waals surface area contributed by atoms with Crippen LogP contribution < -0.4 is 5.32 Å². The minimum Gasteiger partial charge on any atom is -0.455 e. The molecule has 1 aromatic rings. The van der Waals surface area contributed by atoms with Gasteiger partial charge in [-0.05, 0) is 25.5 Å². The second kappa shape index (κ2) is 8.15. The quantitative estimate of drug-likeness (QED) is 0.791. The van der Waals surface area contributed by atoms with Crippen molar-refractivity contribution in [2.45, 2.75) is 32.9 Å². The topological polar surface area (TPSA) is 75.7 Å². The maximum atomic E-state index is 12.1. The lowest BCUT2D eigenvalue weighted by Gasteiger charge is -2.17. The molecule has 1 aromatic carbocycles. The fraction of sp³-hybridized carbons (Fsp3) is 0.471. The summed E-state index contributed by atoms with van der Waals surface area (Å²) in [6.07, 6.45) is 0.0923. The Hall–Kier alpha value is -2.08. The average molecular weight is 353 g/mol. The monoisotopic (exact) mass is 352 g/mol. The molecule has 1 heterocycles. The van der Waals surface area contributed by atoms with E-state index in [-0.39, 0.29) is 37.4 Å². The van der Waals surface area contributed by atoms with Crippen LogP contribution in [-0.2, 0) is 25.7 Å². The van der Waals surface area contributed by atoms with Crippen molar-refractivity contribution in [3.05, 3.63) is 34.9 Å². The maximum absolute atomic E-state index is 12.1. The molecule has 0 radical (unpaired) electrons. The number of ether oxygens (including phenoxy) is 1. The van der Waals surface area contributed by atoms with E-state index in [0.717, 1.165) is 5.56 Å². The third-order valence-electron chi connectivity index (χ3n) is 3.66. The summed E-state index contributed by atoms with van der Waals surface area (Å²) in [6, 6.07) is 7.25. The number of carbonyl (C=O) groups excluding carboxylic acids is 3. The lowest BCUT2D eigenvalue weighted by molar-refractivity contribution is -0.152. The maximum Gasteiger partial charge on any atom is 0.311 e. The molecule has 1 saturated heterocycles. The fourth-order valence-corrected chi connectivity index (χ4v) is 2.73. The lowest BCUT2D eigenvalue weighted by Crippen LogP contribution is -2.35. The molecule has 1 atom stereocenters. The Kier molecular flexibility index (Phi) is 6.20. The van der Waals surface area contributed by atoms with E-state index in [4.69, 9.17) is 16.3 Å². The van der Waals surface area contributed by atoms with Crippen LogP contribution in [0.25, 0.3) is 0 Å². The zero-order valence-corrected chi connectivity index (χ0v) is 14.5. The summed E-state index contributed by atoms with van der Waals surface area (Å²) in [5.74, 6) is -1.55. The Balaban J connectivity index is 1.86. The normalized spacial score (nSPS) is 17.2. The van der Waals surface area contributed by atoms with Crippen LogP contribution in [0.3, 0.4) is 0 Å². The summed E-state index contributed by atoms with van der Waals surface area (Å²) in [6.45, 7) is 3.95. The molecule has 1 fully saturated rings. The molecule has 2 rings (SSSR count). The van der Waals surface area contributed by atoms with Gasteiger partial charge in [0.15, 0.2) is 6.61 Å². The first-order chi connectivity index (χ1) is 11.4. The van der Waals surface area contributed by atoms with Gasteiger partial charge in [0.1, 0.15) is 0 Å². The number of amides is 2. The molecular weight excluding hydrogens is 332 g/mol. The van der Waals surface area contributed by atoms with Gasteiger partial charge in [0.25, 0.3) is 5.91 Å². The Morgan fingerprint density at radius 1 is 1.38 bits per heavy atom. The van der Waals surface area contributed by atoms with E-state index in [1.54, 1.807) is 11.0 Å². The predicted octanol–water partition coefficient (Wildman–Crippen LogP) is 1.76. The molecule has 130 valence electrons. The van der Waals surface area contributed by atoms with Gasteiger partial charge in [0.05, 0.1) is 5.92 Å². The van der Waals surface area contributed by atoms with Crippen molar-refractivity contribution in [1.82, 2.24) is 10.2 Å². The Bertz CT molecular complexity index is 633. The van der Waals surface area contributed by atoms with Crippen LogP contribution in [0.4, 0.5) is 0 Å². The fourth-order valence-electron chi connectivity index (χ4n) is 2.53. The number of benzene rings is 1. The van der Waals surface area contributed by atoms with Crippen molar-refractivity contribution in [3.63, 3.8) is 0 Å². The summed E-state index contributed by atoms with van der Waals surface area (Å²) in [7, 11) is 0. The molecule has 0 saturated carbocycles. The van der Waals surface area contributed by atoms with Gasteiger partial charge in [-0.25, -0.2) is 0 Å². The van der Waals surface area contributed by atoms with Crippen molar-refractivity contribution in [2.75, 3.05) is 13.2 Å². The SMILES string of the molecule is CC(C)NC(=O)COC(=O)[C@@H]1CC(=O)N(Cc2ccccc2Cl)C1. The van der Waals surface area contributed by atoms with Crippen LogP contribution in [0.2, 0.25) is 5.02 Å².